The van der Waals surface area contributed by atoms with Gasteiger partial charge >= 0.3 is 5.97 Å². The zero-order valence-corrected chi connectivity index (χ0v) is 9.11. The van der Waals surface area contributed by atoms with Crippen molar-refractivity contribution in [2.24, 2.45) is 0 Å². The minimum absolute atomic E-state index is 0.103. The predicted molar refractivity (Wildman–Crippen MR) is 55.3 cm³/mol. The van der Waals surface area contributed by atoms with E-state index in [1.54, 1.807) is 12.1 Å². The molecule has 0 saturated carbocycles. The zero-order chi connectivity index (χ0) is 10.8. The Bertz CT molecular complexity index is 476. The smallest absolute Gasteiger partial charge is 0.309 e. The van der Waals surface area contributed by atoms with Gasteiger partial charge < -0.3 is 14.5 Å². The van der Waals surface area contributed by atoms with Crippen LogP contribution in [-0.2, 0) is 11.2 Å². The quantitative estimate of drug-likeness (QED) is 0.895. The number of carbonyl (C=O) groups is 1. The number of nitrogens with one attached hydrogen (secondary N) is 1. The van der Waals surface area contributed by atoms with Gasteiger partial charge in [-0.05, 0) is 28.1 Å². The van der Waals surface area contributed by atoms with Crippen molar-refractivity contribution >= 4 is 21.9 Å². The molecule has 2 N–H and O–H groups in total. The van der Waals surface area contributed by atoms with Gasteiger partial charge in [-0.1, -0.05) is 0 Å². The second-order valence-corrected chi connectivity index (χ2v) is 3.65. The Morgan fingerprint density at radius 1 is 1.67 bits per heavy atom. The minimum atomic E-state index is -0.912. The van der Waals surface area contributed by atoms with Crippen molar-refractivity contribution in [2.75, 3.05) is 0 Å². The van der Waals surface area contributed by atoms with E-state index in [0.29, 0.717) is 21.9 Å². The van der Waals surface area contributed by atoms with Gasteiger partial charge in [-0.2, -0.15) is 0 Å². The Balaban J connectivity index is 2.33. The molecule has 2 heterocycles. The molecule has 2 aromatic heterocycles. The summed E-state index contributed by atoms with van der Waals surface area (Å²) in [4.78, 5) is 17.5. The third-order valence-electron chi connectivity index (χ3n) is 1.81. The highest BCUT2D eigenvalue weighted by atomic mass is 79.9. The van der Waals surface area contributed by atoms with Gasteiger partial charge in [0, 0.05) is 0 Å². The number of aromatic nitrogens is 2. The Hall–Kier alpha value is -1.56. The van der Waals surface area contributed by atoms with Crippen LogP contribution in [0.3, 0.4) is 0 Å². The predicted octanol–water partition coefficient (Wildman–Crippen LogP) is 2.06. The van der Waals surface area contributed by atoms with Crippen LogP contribution in [0.2, 0.25) is 0 Å². The topological polar surface area (TPSA) is 79.1 Å². The average molecular weight is 271 g/mol. The molecule has 0 aliphatic carbocycles. The van der Waals surface area contributed by atoms with Crippen molar-refractivity contribution in [1.29, 1.82) is 0 Å². The van der Waals surface area contributed by atoms with Gasteiger partial charge in [0.2, 0.25) is 0 Å². The highest BCUT2D eigenvalue weighted by Gasteiger charge is 2.13. The number of imidazole rings is 1. The van der Waals surface area contributed by atoms with Crippen molar-refractivity contribution in [1.82, 2.24) is 9.97 Å². The van der Waals surface area contributed by atoms with Crippen molar-refractivity contribution in [2.45, 2.75) is 6.42 Å². The summed E-state index contributed by atoms with van der Waals surface area (Å²) in [5, 5.41) is 8.64. The van der Waals surface area contributed by atoms with E-state index < -0.39 is 5.97 Å². The number of furan rings is 1. The average Bonchev–Trinajstić information content (AvgIpc) is 2.75. The minimum Gasteiger partial charge on any atom is -0.481 e. The molecule has 78 valence electrons. The summed E-state index contributed by atoms with van der Waals surface area (Å²) in [5.41, 5.74) is 0.522. The van der Waals surface area contributed by atoms with Crippen LogP contribution >= 0.6 is 15.9 Å². The molecule has 0 aliphatic rings. The van der Waals surface area contributed by atoms with Crippen molar-refractivity contribution < 1.29 is 14.3 Å². The van der Waals surface area contributed by atoms with E-state index >= 15 is 0 Å². The molecule has 0 unspecified atom stereocenters. The standard InChI is InChI=1S/C9H7BrN2O3/c10-8-5(4-7(13)14)11-9(12-8)6-2-1-3-15-6/h1-3H,4H2,(H,11,12)(H,13,14). The van der Waals surface area contributed by atoms with Crippen molar-refractivity contribution in [3.05, 3.63) is 28.7 Å². The third kappa shape index (κ3) is 2.10. The zero-order valence-electron chi connectivity index (χ0n) is 7.53. The lowest BCUT2D eigenvalue weighted by molar-refractivity contribution is -0.136. The number of rotatable bonds is 3. The fourth-order valence-electron chi connectivity index (χ4n) is 1.19. The molecule has 0 aliphatic heterocycles. The van der Waals surface area contributed by atoms with E-state index in [-0.39, 0.29) is 6.42 Å². The van der Waals surface area contributed by atoms with E-state index in [2.05, 4.69) is 25.9 Å². The molecular formula is C9H7BrN2O3. The van der Waals surface area contributed by atoms with E-state index in [9.17, 15) is 4.79 Å². The van der Waals surface area contributed by atoms with Gasteiger partial charge in [-0.15, -0.1) is 0 Å². The van der Waals surface area contributed by atoms with Crippen molar-refractivity contribution in [3.63, 3.8) is 0 Å². The Labute approximate surface area is 93.3 Å². The number of hydrogen-bond acceptors (Lipinski definition) is 3. The summed E-state index contributed by atoms with van der Waals surface area (Å²) in [6, 6.07) is 3.48. The van der Waals surface area contributed by atoms with Crippen LogP contribution < -0.4 is 0 Å². The molecule has 0 amide bonds. The first-order valence-electron chi connectivity index (χ1n) is 4.17. The van der Waals surface area contributed by atoms with Crippen LogP contribution in [-0.4, -0.2) is 21.0 Å². The van der Waals surface area contributed by atoms with E-state index in [4.69, 9.17) is 9.52 Å². The fourth-order valence-corrected chi connectivity index (χ4v) is 1.60. The SMILES string of the molecule is O=C(O)Cc1[nH]c(-c2ccco2)nc1Br. The molecule has 0 fully saturated rings. The third-order valence-corrected chi connectivity index (χ3v) is 2.47. The van der Waals surface area contributed by atoms with Gasteiger partial charge in [0.25, 0.3) is 0 Å². The molecule has 0 saturated heterocycles. The Morgan fingerprint density at radius 2 is 2.47 bits per heavy atom. The number of carboxylic acids is 1. The molecule has 2 aromatic rings. The molecule has 5 nitrogen and oxygen atoms in total. The molecule has 0 spiro atoms. The van der Waals surface area contributed by atoms with E-state index in [0.717, 1.165) is 0 Å². The van der Waals surface area contributed by atoms with Crippen LogP contribution in [0.1, 0.15) is 5.69 Å². The molecule has 0 radical (unpaired) electrons. The molecule has 0 aromatic carbocycles. The summed E-state index contributed by atoms with van der Waals surface area (Å²) in [6.45, 7) is 0. The lowest BCUT2D eigenvalue weighted by atomic mass is 10.3. The molecule has 0 atom stereocenters. The number of nitrogens with zero attached hydrogens (tertiary/aromatic N) is 1. The second-order valence-electron chi connectivity index (χ2n) is 2.90. The first kappa shape index (κ1) is 9.97. The maximum atomic E-state index is 10.5. The van der Waals surface area contributed by atoms with Crippen molar-refractivity contribution in [3.8, 4) is 11.6 Å². The molecule has 6 heteroatoms. The normalized spacial score (nSPS) is 10.5. The van der Waals surface area contributed by atoms with Gasteiger partial charge in [0.1, 0.15) is 4.60 Å². The summed E-state index contributed by atoms with van der Waals surface area (Å²) >= 11 is 3.18. The van der Waals surface area contributed by atoms with Gasteiger partial charge in [0.05, 0.1) is 18.4 Å². The summed E-state index contributed by atoms with van der Waals surface area (Å²) in [6.07, 6.45) is 1.43. The van der Waals surface area contributed by atoms with Crippen LogP contribution in [0.4, 0.5) is 0 Å². The number of hydrogen-bond donors (Lipinski definition) is 2. The summed E-state index contributed by atoms with van der Waals surface area (Å²) in [7, 11) is 0. The highest BCUT2D eigenvalue weighted by Crippen LogP contribution is 2.22. The van der Waals surface area contributed by atoms with Gasteiger partial charge in [-0.3, -0.25) is 4.79 Å². The summed E-state index contributed by atoms with van der Waals surface area (Å²) < 4.78 is 5.63. The fraction of sp³-hybridized carbons (Fsp3) is 0.111. The highest BCUT2D eigenvalue weighted by molar-refractivity contribution is 9.10. The number of carboxylic acid groups (broad SMARTS) is 1. The van der Waals surface area contributed by atoms with Crippen LogP contribution in [0.25, 0.3) is 11.6 Å². The maximum absolute atomic E-state index is 10.5. The van der Waals surface area contributed by atoms with Crippen LogP contribution in [0.15, 0.2) is 27.4 Å². The number of aromatic amines is 1. The Morgan fingerprint density at radius 3 is 3.07 bits per heavy atom. The van der Waals surface area contributed by atoms with Crippen LogP contribution in [0.5, 0.6) is 0 Å². The summed E-state index contributed by atoms with van der Waals surface area (Å²) in [5.74, 6) is 0.181. The lowest BCUT2D eigenvalue weighted by Gasteiger charge is -1.90. The maximum Gasteiger partial charge on any atom is 0.309 e. The Kier molecular flexibility index (Phi) is 2.59. The molecule has 15 heavy (non-hydrogen) atoms. The largest absolute Gasteiger partial charge is 0.481 e. The first-order valence-corrected chi connectivity index (χ1v) is 4.96. The van der Waals surface area contributed by atoms with Crippen LogP contribution in [0, 0.1) is 0 Å². The molecular weight excluding hydrogens is 264 g/mol. The molecule has 0 bridgehead atoms. The van der Waals surface area contributed by atoms with E-state index in [1.165, 1.54) is 6.26 Å². The molecule has 2 rings (SSSR count). The van der Waals surface area contributed by atoms with E-state index in [1.807, 2.05) is 0 Å². The number of H-pyrrole nitrogens is 1. The number of aliphatic carboxylic acids is 1. The lowest BCUT2D eigenvalue weighted by Crippen LogP contribution is -2.00. The number of halogens is 1. The second kappa shape index (κ2) is 3.90. The van der Waals surface area contributed by atoms with Gasteiger partial charge in [0.15, 0.2) is 11.6 Å². The monoisotopic (exact) mass is 270 g/mol. The first-order chi connectivity index (χ1) is 7.16. The van der Waals surface area contributed by atoms with Gasteiger partial charge in [-0.25, -0.2) is 4.98 Å².